The van der Waals surface area contributed by atoms with E-state index in [1.54, 1.807) is 6.07 Å². The Bertz CT molecular complexity index is 711. The first kappa shape index (κ1) is 15.2. The molecule has 0 radical (unpaired) electrons. The van der Waals surface area contributed by atoms with Crippen LogP contribution in [0.15, 0.2) is 28.1 Å². The minimum atomic E-state index is -0.540. The monoisotopic (exact) mass is 464 g/mol. The molecular weight excluding hydrogens is 459 g/mol. The highest BCUT2D eigenvalue weighted by Crippen LogP contribution is 2.35. The van der Waals surface area contributed by atoms with Crippen molar-refractivity contribution < 1.29 is 9.66 Å². The molecule has 0 aliphatic rings. The van der Waals surface area contributed by atoms with E-state index in [1.165, 1.54) is 17.4 Å². The Morgan fingerprint density at radius 1 is 1.55 bits per heavy atom. The number of benzene rings is 1. The van der Waals surface area contributed by atoms with Crippen LogP contribution in [0, 0.1) is 25.0 Å². The first-order valence-electron chi connectivity index (χ1n) is 5.25. The van der Waals surface area contributed by atoms with Crippen molar-refractivity contribution in [2.75, 3.05) is 0 Å². The fourth-order valence-electron chi connectivity index (χ4n) is 1.49. The van der Waals surface area contributed by atoms with Gasteiger partial charge in [-0.05, 0) is 56.0 Å². The molecule has 0 N–H and O–H groups in total. The van der Waals surface area contributed by atoms with Gasteiger partial charge in [0.05, 0.1) is 25.0 Å². The second-order valence-electron chi connectivity index (χ2n) is 3.66. The molecule has 1 heterocycles. The van der Waals surface area contributed by atoms with E-state index >= 15 is 0 Å². The summed E-state index contributed by atoms with van der Waals surface area (Å²) in [5, 5.41) is 21.8. The summed E-state index contributed by atoms with van der Waals surface area (Å²) in [6, 6.07) is 6.57. The molecule has 0 unspecified atom stereocenters. The molecule has 0 bridgehead atoms. The maximum atomic E-state index is 11.1. The highest BCUT2D eigenvalue weighted by molar-refractivity contribution is 14.1. The van der Waals surface area contributed by atoms with Crippen molar-refractivity contribution in [1.29, 1.82) is 5.26 Å². The summed E-state index contributed by atoms with van der Waals surface area (Å²) in [6.07, 6.45) is 0. The molecule has 8 heteroatoms. The van der Waals surface area contributed by atoms with Gasteiger partial charge in [0.25, 0.3) is 0 Å². The van der Waals surface area contributed by atoms with Gasteiger partial charge < -0.3 is 4.74 Å². The topological polar surface area (TPSA) is 76.2 Å². The van der Waals surface area contributed by atoms with Gasteiger partial charge in [0.15, 0.2) is 0 Å². The van der Waals surface area contributed by atoms with Gasteiger partial charge >= 0.3 is 5.69 Å². The Hall–Kier alpha value is -1.18. The molecular formula is C12H6BrIN2O3S. The molecule has 0 spiro atoms. The van der Waals surface area contributed by atoms with Gasteiger partial charge in [-0.3, -0.25) is 10.1 Å². The van der Waals surface area contributed by atoms with Crippen molar-refractivity contribution in [2.24, 2.45) is 0 Å². The molecule has 2 rings (SSSR count). The van der Waals surface area contributed by atoms with Gasteiger partial charge in [0, 0.05) is 10.5 Å². The maximum Gasteiger partial charge on any atom is 0.313 e. The fourth-order valence-corrected chi connectivity index (χ4v) is 3.63. The first-order valence-corrected chi connectivity index (χ1v) is 8.00. The number of nitro benzene ring substituents is 1. The standard InChI is InChI=1S/C12H6BrIN2O3S/c13-8-1-2-20-11(8)6-19-12-9(14)3-7(5-15)4-10(12)16(17)18/h1-4H,6H2. The number of thiophene rings is 1. The van der Waals surface area contributed by atoms with Gasteiger partial charge in [0.1, 0.15) is 6.61 Å². The third-order valence-electron chi connectivity index (χ3n) is 2.39. The fraction of sp³-hybridized carbons (Fsp3) is 0.0833. The zero-order chi connectivity index (χ0) is 14.7. The van der Waals surface area contributed by atoms with Crippen LogP contribution in [0.25, 0.3) is 0 Å². The summed E-state index contributed by atoms with van der Waals surface area (Å²) in [6.45, 7) is 0.237. The highest BCUT2D eigenvalue weighted by atomic mass is 127. The van der Waals surface area contributed by atoms with Crippen LogP contribution in [0.3, 0.4) is 0 Å². The molecule has 1 aromatic heterocycles. The number of halogens is 2. The highest BCUT2D eigenvalue weighted by Gasteiger charge is 2.21. The van der Waals surface area contributed by atoms with Crippen LogP contribution in [0.2, 0.25) is 0 Å². The lowest BCUT2D eigenvalue weighted by molar-refractivity contribution is -0.386. The van der Waals surface area contributed by atoms with Crippen molar-refractivity contribution in [3.63, 3.8) is 0 Å². The largest absolute Gasteiger partial charge is 0.480 e. The van der Waals surface area contributed by atoms with E-state index in [-0.39, 0.29) is 23.6 Å². The minimum Gasteiger partial charge on any atom is -0.480 e. The van der Waals surface area contributed by atoms with Crippen LogP contribution in [0.4, 0.5) is 5.69 Å². The quantitative estimate of drug-likeness (QED) is 0.380. The number of nitro groups is 1. The van der Waals surface area contributed by atoms with E-state index in [2.05, 4.69) is 15.9 Å². The predicted octanol–water partition coefficient (Wildman–Crippen LogP) is 4.47. The number of nitrogens with zero attached hydrogens (tertiary/aromatic N) is 2. The summed E-state index contributed by atoms with van der Waals surface area (Å²) in [4.78, 5) is 11.5. The number of hydrogen-bond donors (Lipinski definition) is 0. The average molecular weight is 465 g/mol. The predicted molar refractivity (Wildman–Crippen MR) is 86.9 cm³/mol. The number of hydrogen-bond acceptors (Lipinski definition) is 5. The van der Waals surface area contributed by atoms with E-state index in [4.69, 9.17) is 10.00 Å². The molecule has 0 saturated heterocycles. The Balaban J connectivity index is 2.34. The lowest BCUT2D eigenvalue weighted by atomic mass is 10.2. The molecule has 0 saturated carbocycles. The van der Waals surface area contributed by atoms with Gasteiger partial charge in [-0.15, -0.1) is 11.3 Å². The molecule has 5 nitrogen and oxygen atoms in total. The van der Waals surface area contributed by atoms with Gasteiger partial charge in [-0.2, -0.15) is 5.26 Å². The summed E-state index contributed by atoms with van der Waals surface area (Å²) in [5.74, 6) is 0.190. The van der Waals surface area contributed by atoms with Crippen molar-refractivity contribution in [1.82, 2.24) is 0 Å². The SMILES string of the molecule is N#Cc1cc(I)c(OCc2sccc2Br)c([N+](=O)[O-])c1. The van der Waals surface area contributed by atoms with E-state index in [9.17, 15) is 10.1 Å². The smallest absolute Gasteiger partial charge is 0.313 e. The van der Waals surface area contributed by atoms with Gasteiger partial charge in [-0.25, -0.2) is 0 Å². The van der Waals surface area contributed by atoms with Crippen molar-refractivity contribution in [3.05, 3.63) is 52.2 Å². The molecule has 0 aliphatic heterocycles. The van der Waals surface area contributed by atoms with Crippen molar-refractivity contribution in [2.45, 2.75) is 6.61 Å². The van der Waals surface area contributed by atoms with Crippen LogP contribution >= 0.6 is 49.9 Å². The molecule has 0 aliphatic carbocycles. The summed E-state index contributed by atoms with van der Waals surface area (Å²) in [7, 11) is 0. The number of ether oxygens (including phenoxy) is 1. The lowest BCUT2D eigenvalue weighted by Crippen LogP contribution is -2.01. The zero-order valence-corrected chi connectivity index (χ0v) is 14.4. The van der Waals surface area contributed by atoms with Crippen molar-refractivity contribution in [3.8, 4) is 11.8 Å². The number of rotatable bonds is 4. The molecule has 20 heavy (non-hydrogen) atoms. The van der Waals surface area contributed by atoms with Crippen LogP contribution in [-0.4, -0.2) is 4.92 Å². The van der Waals surface area contributed by atoms with Crippen LogP contribution in [0.5, 0.6) is 5.75 Å². The zero-order valence-electron chi connectivity index (χ0n) is 9.80. The Morgan fingerprint density at radius 2 is 2.30 bits per heavy atom. The summed E-state index contributed by atoms with van der Waals surface area (Å²) >= 11 is 6.81. The number of nitriles is 1. The Morgan fingerprint density at radius 3 is 2.85 bits per heavy atom. The third kappa shape index (κ3) is 3.28. The van der Waals surface area contributed by atoms with Gasteiger partial charge in [0.2, 0.25) is 5.75 Å². The maximum absolute atomic E-state index is 11.1. The van der Waals surface area contributed by atoms with Crippen LogP contribution in [0.1, 0.15) is 10.4 Å². The molecule has 0 atom stereocenters. The minimum absolute atomic E-state index is 0.190. The van der Waals surface area contributed by atoms with E-state index in [1.807, 2.05) is 40.1 Å². The third-order valence-corrected chi connectivity index (χ3v) is 5.09. The molecule has 2 aromatic rings. The molecule has 0 fully saturated rings. The molecule has 0 amide bonds. The second-order valence-corrected chi connectivity index (χ2v) is 6.67. The molecule has 1 aromatic carbocycles. The second kappa shape index (κ2) is 6.51. The van der Waals surface area contributed by atoms with E-state index in [0.717, 1.165) is 9.35 Å². The summed E-state index contributed by atoms with van der Waals surface area (Å²) in [5.41, 5.74) is 0.0480. The first-order chi connectivity index (χ1) is 9.52. The normalized spacial score (nSPS) is 10.1. The van der Waals surface area contributed by atoms with E-state index in [0.29, 0.717) is 3.57 Å². The van der Waals surface area contributed by atoms with Gasteiger partial charge in [-0.1, -0.05) is 0 Å². The Labute approximate surface area is 140 Å². The average Bonchev–Trinajstić information content (AvgIpc) is 2.82. The lowest BCUT2D eigenvalue weighted by Gasteiger charge is -2.08. The molecule has 102 valence electrons. The summed E-state index contributed by atoms with van der Waals surface area (Å²) < 4.78 is 7.03. The van der Waals surface area contributed by atoms with Crippen LogP contribution in [-0.2, 0) is 6.61 Å². The van der Waals surface area contributed by atoms with Crippen molar-refractivity contribution >= 4 is 55.5 Å². The van der Waals surface area contributed by atoms with Crippen LogP contribution < -0.4 is 4.74 Å². The van der Waals surface area contributed by atoms with E-state index < -0.39 is 4.92 Å². The Kier molecular flexibility index (Phi) is 4.95.